The molecule has 0 aliphatic heterocycles. The maximum atomic E-state index is 13.1. The molecule has 0 spiro atoms. The lowest BCUT2D eigenvalue weighted by molar-refractivity contribution is -0.161. The van der Waals surface area contributed by atoms with E-state index >= 15 is 0 Å². The van der Waals surface area contributed by atoms with E-state index < -0.39 is 97.5 Å². The van der Waals surface area contributed by atoms with Gasteiger partial charge in [-0.3, -0.25) is 37.3 Å². The number of phosphoric acid groups is 2. The van der Waals surface area contributed by atoms with Gasteiger partial charge in [0.25, 0.3) is 0 Å². The summed E-state index contributed by atoms with van der Waals surface area (Å²) in [7, 11) is -9.94. The van der Waals surface area contributed by atoms with E-state index in [2.05, 4.69) is 101 Å². The fourth-order valence-electron chi connectivity index (χ4n) is 10.4. The normalized spacial score (nSPS) is 14.4. The Kier molecular flexibility index (Phi) is 67.4. The summed E-state index contributed by atoms with van der Waals surface area (Å²) in [5, 5.41) is 10.6. The molecule has 5 unspecified atom stereocenters. The second-order valence-electron chi connectivity index (χ2n) is 25.6. The Bertz CT molecular complexity index is 2110. The molecule has 0 aromatic rings. The molecule has 0 radical (unpaired) electrons. The average molecular weight is 1400 g/mol. The highest BCUT2D eigenvalue weighted by atomic mass is 31.2. The number of carbonyl (C=O) groups excluding carboxylic acids is 4. The van der Waals surface area contributed by atoms with Crippen molar-refractivity contribution in [2.24, 2.45) is 0 Å². The predicted octanol–water partition coefficient (Wildman–Crippen LogP) is 21.7. The van der Waals surface area contributed by atoms with Gasteiger partial charge in [0.1, 0.15) is 19.3 Å². The van der Waals surface area contributed by atoms with Gasteiger partial charge in [0.05, 0.1) is 26.4 Å². The molecule has 3 N–H and O–H groups in total. The monoisotopic (exact) mass is 1400 g/mol. The maximum Gasteiger partial charge on any atom is 0.472 e. The lowest BCUT2D eigenvalue weighted by atomic mass is 10.0. The molecule has 0 heterocycles. The molecular weight excluding hydrogens is 1260 g/mol. The predicted molar refractivity (Wildman–Crippen MR) is 390 cm³/mol. The van der Waals surface area contributed by atoms with E-state index in [-0.39, 0.29) is 25.7 Å². The van der Waals surface area contributed by atoms with Crippen molar-refractivity contribution in [3.8, 4) is 0 Å². The third-order valence-corrected chi connectivity index (χ3v) is 18.1. The molecule has 96 heavy (non-hydrogen) atoms. The van der Waals surface area contributed by atoms with Crippen molar-refractivity contribution in [2.75, 3.05) is 39.6 Å². The highest BCUT2D eigenvalue weighted by Crippen LogP contribution is 2.45. The lowest BCUT2D eigenvalue weighted by Gasteiger charge is -2.21. The second kappa shape index (κ2) is 70.0. The Hall–Kier alpha value is -3.50. The van der Waals surface area contributed by atoms with Gasteiger partial charge >= 0.3 is 39.5 Å². The average Bonchev–Trinajstić information content (AvgIpc) is 2.18. The minimum absolute atomic E-state index is 0.0946. The number of carbonyl (C=O) groups is 4. The van der Waals surface area contributed by atoms with Crippen molar-refractivity contribution in [1.29, 1.82) is 0 Å². The van der Waals surface area contributed by atoms with Crippen LogP contribution in [0.5, 0.6) is 0 Å². The zero-order chi connectivity index (χ0) is 70.4. The van der Waals surface area contributed by atoms with Gasteiger partial charge in [0.2, 0.25) is 0 Å². The third kappa shape index (κ3) is 69.0. The van der Waals surface area contributed by atoms with Gasteiger partial charge in [-0.1, -0.05) is 293 Å². The highest BCUT2D eigenvalue weighted by molar-refractivity contribution is 7.47. The first kappa shape index (κ1) is 92.5. The molecule has 0 bridgehead atoms. The van der Waals surface area contributed by atoms with Crippen molar-refractivity contribution in [1.82, 2.24) is 0 Å². The molecular formula is C77H138O17P2. The first-order chi connectivity index (χ1) is 46.7. The van der Waals surface area contributed by atoms with Crippen LogP contribution >= 0.6 is 15.6 Å². The largest absolute Gasteiger partial charge is 0.472 e. The van der Waals surface area contributed by atoms with Crippen LogP contribution in [0.4, 0.5) is 0 Å². The van der Waals surface area contributed by atoms with E-state index in [4.69, 9.17) is 37.0 Å². The van der Waals surface area contributed by atoms with Crippen LogP contribution in [-0.2, 0) is 65.4 Å². The highest BCUT2D eigenvalue weighted by Gasteiger charge is 2.30. The maximum absolute atomic E-state index is 13.1. The number of aliphatic hydroxyl groups excluding tert-OH is 1. The Morgan fingerprint density at radius 3 is 0.875 bits per heavy atom. The summed E-state index contributed by atoms with van der Waals surface area (Å²) in [4.78, 5) is 72.8. The summed E-state index contributed by atoms with van der Waals surface area (Å²) in [6, 6.07) is 0. The summed E-state index contributed by atoms with van der Waals surface area (Å²) in [6.07, 6.45) is 68.9. The number of hydrogen-bond donors (Lipinski definition) is 3. The molecule has 19 heteroatoms. The van der Waals surface area contributed by atoms with Gasteiger partial charge in [-0.15, -0.1) is 0 Å². The minimum Gasteiger partial charge on any atom is -0.462 e. The smallest absolute Gasteiger partial charge is 0.462 e. The van der Waals surface area contributed by atoms with E-state index in [1.165, 1.54) is 103 Å². The van der Waals surface area contributed by atoms with Crippen LogP contribution in [0.2, 0.25) is 0 Å². The van der Waals surface area contributed by atoms with Crippen molar-refractivity contribution in [3.63, 3.8) is 0 Å². The molecule has 5 atom stereocenters. The van der Waals surface area contributed by atoms with Gasteiger partial charge < -0.3 is 33.8 Å². The van der Waals surface area contributed by atoms with E-state index in [0.717, 1.165) is 154 Å². The number of esters is 4. The van der Waals surface area contributed by atoms with Crippen molar-refractivity contribution in [2.45, 2.75) is 354 Å². The molecule has 0 aromatic heterocycles. The molecule has 0 amide bonds. The molecule has 558 valence electrons. The van der Waals surface area contributed by atoms with Gasteiger partial charge in [-0.25, -0.2) is 9.13 Å². The first-order valence-electron chi connectivity index (χ1n) is 38.2. The fraction of sp³-hybridized carbons (Fsp3) is 0.792. The summed E-state index contributed by atoms with van der Waals surface area (Å²) < 4.78 is 68.4. The summed E-state index contributed by atoms with van der Waals surface area (Å²) in [6.45, 7) is 4.69. The molecule has 0 aliphatic carbocycles. The van der Waals surface area contributed by atoms with Gasteiger partial charge in [0, 0.05) is 25.7 Å². The van der Waals surface area contributed by atoms with Crippen LogP contribution in [-0.4, -0.2) is 96.7 Å². The summed E-state index contributed by atoms with van der Waals surface area (Å²) in [5.41, 5.74) is 0. The van der Waals surface area contributed by atoms with Crippen LogP contribution in [0.25, 0.3) is 0 Å². The number of unbranched alkanes of at least 4 members (excludes halogenated alkanes) is 34. The van der Waals surface area contributed by atoms with Crippen LogP contribution in [0, 0.1) is 0 Å². The number of rotatable bonds is 72. The Morgan fingerprint density at radius 2 is 0.562 bits per heavy atom. The number of phosphoric ester groups is 2. The van der Waals surface area contributed by atoms with Crippen LogP contribution in [0.15, 0.2) is 72.9 Å². The molecule has 17 nitrogen and oxygen atoms in total. The zero-order valence-electron chi connectivity index (χ0n) is 60.8. The van der Waals surface area contributed by atoms with Crippen molar-refractivity contribution in [3.05, 3.63) is 72.9 Å². The lowest BCUT2D eigenvalue weighted by Crippen LogP contribution is -2.30. The zero-order valence-corrected chi connectivity index (χ0v) is 62.6. The SMILES string of the molecule is CC/C=C\C/C=C\C/C=C\C/C=C\CCCCCCC(=O)OCC(COP(=O)(O)OCC(O)COP(=O)(O)OCC(COC(=O)CCCCCCC/C=C\C/C=C\CCC)OC(=O)CCCCCCCCCCCCC)OC(=O)CCCCCCCCCCCCCCCCC. The quantitative estimate of drug-likeness (QED) is 0.0169. The van der Waals surface area contributed by atoms with Crippen LogP contribution in [0.3, 0.4) is 0 Å². The van der Waals surface area contributed by atoms with Crippen molar-refractivity contribution < 1.29 is 80.2 Å². The van der Waals surface area contributed by atoms with Gasteiger partial charge in [-0.05, 0) is 89.9 Å². The molecule has 0 saturated carbocycles. The standard InChI is InChI=1S/C77H138O17P2/c1-5-9-13-17-21-25-29-32-34-35-37-39-43-46-50-54-58-62-75(80)88-68-73(94-77(82)64-60-56-52-48-44-40-36-33-30-26-22-18-14-10-6-2)70-92-96(85,86)90-66-71(78)65-89-95(83,84)91-69-72(93-76(81)63-59-55-51-47-41-28-24-20-16-12-8-4)67-87-74(79)61-57-53-49-45-42-38-31-27-23-19-15-11-7-3/h9,13,15,19,21,25,27,31-32,34,37,39,71-73,78H,5-8,10-12,14,16-18,20,22-24,26,28-30,33,35-36,38,40-70H2,1-4H3,(H,83,84)(H,85,86)/b13-9-,19-15-,25-21-,31-27-,34-32-,39-37-. The number of allylic oxidation sites excluding steroid dienone is 12. The van der Waals surface area contributed by atoms with E-state index in [0.29, 0.717) is 25.7 Å². The Balaban J connectivity index is 5.32. The number of ether oxygens (including phenoxy) is 4. The van der Waals surface area contributed by atoms with Crippen LogP contribution < -0.4 is 0 Å². The van der Waals surface area contributed by atoms with Gasteiger partial charge in [-0.2, -0.15) is 0 Å². The van der Waals surface area contributed by atoms with Crippen LogP contribution in [0.1, 0.15) is 336 Å². The number of hydrogen-bond acceptors (Lipinski definition) is 15. The fourth-order valence-corrected chi connectivity index (χ4v) is 11.9. The third-order valence-electron chi connectivity index (χ3n) is 16.2. The first-order valence-corrected chi connectivity index (χ1v) is 41.2. The molecule has 0 aromatic carbocycles. The van der Waals surface area contributed by atoms with E-state index in [1.54, 1.807) is 0 Å². The minimum atomic E-state index is -4.97. The molecule has 0 fully saturated rings. The molecule has 0 saturated heterocycles. The van der Waals surface area contributed by atoms with E-state index in [9.17, 15) is 43.2 Å². The Labute approximate surface area is 583 Å². The van der Waals surface area contributed by atoms with Crippen molar-refractivity contribution >= 4 is 39.5 Å². The molecule has 0 aliphatic rings. The molecule has 0 rings (SSSR count). The van der Waals surface area contributed by atoms with E-state index in [1.807, 2.05) is 0 Å². The topological polar surface area (TPSA) is 237 Å². The Morgan fingerprint density at radius 1 is 0.302 bits per heavy atom. The second-order valence-corrected chi connectivity index (χ2v) is 28.5. The van der Waals surface area contributed by atoms with Gasteiger partial charge in [0.15, 0.2) is 12.2 Å². The summed E-state index contributed by atoms with van der Waals surface area (Å²) >= 11 is 0. The summed E-state index contributed by atoms with van der Waals surface area (Å²) in [5.74, 6) is -2.19. The number of aliphatic hydroxyl groups is 1.